The molecule has 1 aromatic rings. The van der Waals surface area contributed by atoms with Gasteiger partial charge in [0.1, 0.15) is 5.69 Å². The minimum atomic E-state index is -4.94. The lowest BCUT2D eigenvalue weighted by Crippen LogP contribution is -2.55. The number of hydrogen-bond donors (Lipinski definition) is 2. The summed E-state index contributed by atoms with van der Waals surface area (Å²) in [4.78, 5) is -1.78. The number of hydrogen-bond acceptors (Lipinski definition) is 3. The van der Waals surface area contributed by atoms with Gasteiger partial charge in [-0.3, -0.25) is 0 Å². The average Bonchev–Trinajstić information content (AvgIpc) is 2.47. The van der Waals surface area contributed by atoms with Gasteiger partial charge in [-0.1, -0.05) is 0 Å². The topological polar surface area (TPSA) is 72.2 Å². The van der Waals surface area contributed by atoms with Crippen molar-refractivity contribution >= 4 is 15.7 Å². The quantitative estimate of drug-likeness (QED) is 0.626. The molecule has 4 bridgehead atoms. The maximum absolute atomic E-state index is 14.4. The van der Waals surface area contributed by atoms with Gasteiger partial charge >= 0.3 is 0 Å². The summed E-state index contributed by atoms with van der Waals surface area (Å²) in [7, 11) is -4.94. The van der Waals surface area contributed by atoms with E-state index < -0.39 is 49.4 Å². The van der Waals surface area contributed by atoms with Crippen LogP contribution in [0.25, 0.3) is 0 Å². The molecule has 4 nitrogen and oxygen atoms in total. The van der Waals surface area contributed by atoms with Gasteiger partial charge in [0.15, 0.2) is 28.2 Å². The van der Waals surface area contributed by atoms with Crippen molar-refractivity contribution in [1.82, 2.24) is 0 Å². The Labute approximate surface area is 142 Å². The van der Waals surface area contributed by atoms with Crippen LogP contribution in [0, 0.1) is 41.0 Å². The van der Waals surface area contributed by atoms with Crippen molar-refractivity contribution in [3.63, 3.8) is 0 Å². The first-order chi connectivity index (χ1) is 11.6. The first-order valence-electron chi connectivity index (χ1n) is 8.26. The number of anilines is 1. The summed E-state index contributed by atoms with van der Waals surface area (Å²) in [5.41, 5.74) is -1.54. The summed E-state index contributed by atoms with van der Waals surface area (Å²) < 4.78 is 79.4. The molecule has 0 heterocycles. The molecule has 5 rings (SSSR count). The highest BCUT2D eigenvalue weighted by molar-refractivity contribution is 7.89. The van der Waals surface area contributed by atoms with Crippen molar-refractivity contribution in [3.05, 3.63) is 23.3 Å². The molecule has 4 fully saturated rings. The molecule has 0 saturated heterocycles. The van der Waals surface area contributed by atoms with Crippen LogP contribution in [-0.4, -0.2) is 14.0 Å². The predicted molar refractivity (Wildman–Crippen MR) is 82.2 cm³/mol. The van der Waals surface area contributed by atoms with Crippen molar-refractivity contribution in [2.45, 2.75) is 49.0 Å². The Kier molecular flexibility index (Phi) is 3.64. The summed E-state index contributed by atoms with van der Waals surface area (Å²) in [5, 5.41) is 7.39. The smallest absolute Gasteiger partial charge is 0.244 e. The molecule has 0 aromatic heterocycles. The Morgan fingerprint density at radius 2 is 1.24 bits per heavy atom. The zero-order valence-electron chi connectivity index (χ0n) is 13.3. The van der Waals surface area contributed by atoms with Gasteiger partial charge in [0.25, 0.3) is 0 Å². The molecule has 0 atom stereocenters. The number of halogens is 4. The molecule has 25 heavy (non-hydrogen) atoms. The maximum atomic E-state index is 14.4. The SMILES string of the molecule is NS(=O)(=O)c1c(F)c(F)c(NC23CC4CC(CC(C4)C2)C3)c(F)c1F. The lowest BCUT2D eigenvalue weighted by atomic mass is 9.53. The molecule has 1 aromatic carbocycles. The first-order valence-corrected chi connectivity index (χ1v) is 9.81. The van der Waals surface area contributed by atoms with Crippen LogP contribution in [0.5, 0.6) is 0 Å². The van der Waals surface area contributed by atoms with E-state index in [1.807, 2.05) is 0 Å². The van der Waals surface area contributed by atoms with Gasteiger partial charge in [-0.25, -0.2) is 31.1 Å². The van der Waals surface area contributed by atoms with Gasteiger partial charge in [-0.05, 0) is 56.3 Å². The number of primary sulfonamides is 1. The Morgan fingerprint density at radius 1 is 0.840 bits per heavy atom. The van der Waals surface area contributed by atoms with Crippen LogP contribution in [0.3, 0.4) is 0 Å². The predicted octanol–water partition coefficient (Wildman–Crippen LogP) is 3.27. The van der Waals surface area contributed by atoms with Gasteiger partial charge in [0, 0.05) is 5.54 Å². The van der Waals surface area contributed by atoms with Crippen molar-refractivity contribution in [2.75, 3.05) is 5.32 Å². The molecular weight excluding hydrogens is 360 g/mol. The largest absolute Gasteiger partial charge is 0.375 e. The molecule has 4 aliphatic rings. The summed E-state index contributed by atoms with van der Waals surface area (Å²) >= 11 is 0. The van der Waals surface area contributed by atoms with Crippen LogP contribution in [0.2, 0.25) is 0 Å². The van der Waals surface area contributed by atoms with Crippen LogP contribution in [-0.2, 0) is 10.0 Å². The lowest BCUT2D eigenvalue weighted by molar-refractivity contribution is 0.0103. The molecule has 0 aliphatic heterocycles. The number of benzene rings is 1. The molecule has 0 spiro atoms. The van der Waals surface area contributed by atoms with Gasteiger partial charge in [0.2, 0.25) is 10.0 Å². The molecule has 0 amide bonds. The van der Waals surface area contributed by atoms with E-state index in [4.69, 9.17) is 0 Å². The highest BCUT2D eigenvalue weighted by Crippen LogP contribution is 2.57. The molecule has 138 valence electrons. The second-order valence-electron chi connectivity index (χ2n) is 7.83. The van der Waals surface area contributed by atoms with E-state index in [2.05, 4.69) is 10.5 Å². The minimum absolute atomic E-state index is 0.447. The van der Waals surface area contributed by atoms with Gasteiger partial charge in [-0.15, -0.1) is 0 Å². The average molecular weight is 378 g/mol. The summed E-state index contributed by atoms with van der Waals surface area (Å²) in [6.45, 7) is 0. The van der Waals surface area contributed by atoms with Crippen LogP contribution < -0.4 is 10.5 Å². The van der Waals surface area contributed by atoms with Gasteiger partial charge < -0.3 is 5.32 Å². The fourth-order valence-corrected chi connectivity index (χ4v) is 6.18. The van der Waals surface area contributed by atoms with E-state index in [1.165, 1.54) is 0 Å². The van der Waals surface area contributed by atoms with Crippen molar-refractivity contribution in [3.8, 4) is 0 Å². The molecule has 4 saturated carbocycles. The summed E-state index contributed by atoms with van der Waals surface area (Å²) in [6, 6.07) is 0. The molecule has 0 unspecified atom stereocenters. The third-order valence-electron chi connectivity index (χ3n) is 5.94. The van der Waals surface area contributed by atoms with E-state index >= 15 is 0 Å². The van der Waals surface area contributed by atoms with Crippen molar-refractivity contribution in [1.29, 1.82) is 0 Å². The van der Waals surface area contributed by atoms with Gasteiger partial charge in [0.05, 0.1) is 0 Å². The minimum Gasteiger partial charge on any atom is -0.375 e. The highest BCUT2D eigenvalue weighted by Gasteiger charge is 2.51. The van der Waals surface area contributed by atoms with E-state index in [9.17, 15) is 26.0 Å². The first kappa shape index (κ1) is 17.1. The standard InChI is InChI=1S/C16H18F4N2O2S/c17-10-12(19)15(25(21,23)24)13(20)11(18)14(10)22-16-4-7-1-8(5-16)3-9(2-7)6-16/h7-9,22H,1-6H2,(H2,21,23,24). The van der Waals surface area contributed by atoms with Crippen LogP contribution >= 0.6 is 0 Å². The second kappa shape index (κ2) is 5.33. The van der Waals surface area contributed by atoms with Crippen LogP contribution in [0.4, 0.5) is 23.2 Å². The van der Waals surface area contributed by atoms with Crippen LogP contribution in [0.1, 0.15) is 38.5 Å². The third kappa shape index (κ3) is 2.63. The van der Waals surface area contributed by atoms with E-state index in [0.717, 1.165) is 19.3 Å². The Morgan fingerprint density at radius 3 is 1.60 bits per heavy atom. The highest BCUT2D eigenvalue weighted by atomic mass is 32.2. The Balaban J connectivity index is 1.77. The van der Waals surface area contributed by atoms with E-state index in [-0.39, 0.29) is 0 Å². The van der Waals surface area contributed by atoms with Crippen molar-refractivity contribution in [2.24, 2.45) is 22.9 Å². The number of rotatable bonds is 3. The maximum Gasteiger partial charge on any atom is 0.244 e. The fraction of sp³-hybridized carbons (Fsp3) is 0.625. The molecule has 0 radical (unpaired) electrons. The zero-order chi connectivity index (χ0) is 18.1. The normalized spacial score (nSPS) is 33.7. The monoisotopic (exact) mass is 378 g/mol. The van der Waals surface area contributed by atoms with E-state index in [1.54, 1.807) is 0 Å². The zero-order valence-corrected chi connectivity index (χ0v) is 14.1. The van der Waals surface area contributed by atoms with Gasteiger partial charge in [-0.2, -0.15) is 0 Å². The fourth-order valence-electron chi connectivity index (χ4n) is 5.50. The number of nitrogens with one attached hydrogen (secondary N) is 1. The molecule has 4 aliphatic carbocycles. The number of nitrogens with two attached hydrogens (primary N) is 1. The Hall–Kier alpha value is -1.35. The van der Waals surface area contributed by atoms with Crippen LogP contribution in [0.15, 0.2) is 4.90 Å². The number of sulfonamides is 1. The molecule has 3 N–H and O–H groups in total. The second-order valence-corrected chi connectivity index (χ2v) is 9.33. The van der Waals surface area contributed by atoms with E-state index in [0.29, 0.717) is 37.0 Å². The third-order valence-corrected chi connectivity index (χ3v) is 6.86. The molecule has 9 heteroatoms. The Bertz CT molecular complexity index is 792. The molecular formula is C16H18F4N2O2S. The summed E-state index contributed by atoms with van der Waals surface area (Å²) in [5.74, 6) is -6.14. The van der Waals surface area contributed by atoms with Crippen molar-refractivity contribution < 1.29 is 26.0 Å². The summed E-state index contributed by atoms with van der Waals surface area (Å²) in [6.07, 6.45) is 5.32. The lowest BCUT2D eigenvalue weighted by Gasteiger charge is -2.57.